The van der Waals surface area contributed by atoms with Crippen LogP contribution in [0.1, 0.15) is 44.6 Å². The largest absolute Gasteiger partial charge is 0.494 e. The van der Waals surface area contributed by atoms with Gasteiger partial charge in [-0.1, -0.05) is 5.17 Å². The normalized spacial score (nSPS) is 18.2. The summed E-state index contributed by atoms with van der Waals surface area (Å²) in [4.78, 5) is 16.4. The second-order valence-electron chi connectivity index (χ2n) is 8.09. The van der Waals surface area contributed by atoms with Gasteiger partial charge in [0.1, 0.15) is 5.75 Å². The summed E-state index contributed by atoms with van der Waals surface area (Å²) in [5, 5.41) is 10.7. The van der Waals surface area contributed by atoms with Crippen LogP contribution in [0.25, 0.3) is 0 Å². The van der Waals surface area contributed by atoms with E-state index in [1.54, 1.807) is 25.3 Å². The number of benzene rings is 1. The molecule has 188 valence electrons. The zero-order valence-electron chi connectivity index (χ0n) is 19.3. The number of hydrazine groups is 1. The van der Waals surface area contributed by atoms with Crippen molar-refractivity contribution in [3.8, 4) is 5.75 Å². The van der Waals surface area contributed by atoms with E-state index in [-0.39, 0.29) is 46.8 Å². The topological polar surface area (TPSA) is 118 Å². The number of rotatable bonds is 10. The third-order valence-electron chi connectivity index (χ3n) is 5.71. The molecule has 0 atom stereocenters. The summed E-state index contributed by atoms with van der Waals surface area (Å²) in [7, 11) is -2.14. The highest BCUT2D eigenvalue weighted by atomic mass is 35.5. The summed E-state index contributed by atoms with van der Waals surface area (Å²) in [5.41, 5.74) is 2.93. The molecule has 11 heteroatoms. The number of hydrogen-bond acceptors (Lipinski definition) is 8. The van der Waals surface area contributed by atoms with Crippen LogP contribution in [0.4, 0.5) is 0 Å². The van der Waals surface area contributed by atoms with Crippen LogP contribution in [0.5, 0.6) is 5.75 Å². The molecule has 1 aliphatic carbocycles. The number of carbonyl (C=O) groups is 1. The number of hydrogen-bond donors (Lipinski definition) is 2. The molecule has 1 fully saturated rings. The van der Waals surface area contributed by atoms with Crippen molar-refractivity contribution in [2.45, 2.75) is 61.6 Å². The van der Waals surface area contributed by atoms with Crippen molar-refractivity contribution < 1.29 is 27.9 Å². The van der Waals surface area contributed by atoms with Crippen molar-refractivity contribution >= 4 is 28.2 Å². The molecule has 2 N–H and O–H groups in total. The average molecular weight is 514 g/mol. The molecule has 0 bridgehead atoms. The van der Waals surface area contributed by atoms with Gasteiger partial charge in [0.15, 0.2) is 5.03 Å². The van der Waals surface area contributed by atoms with Crippen molar-refractivity contribution in [1.82, 2.24) is 15.6 Å². The molecule has 9 nitrogen and oxygen atoms in total. The van der Waals surface area contributed by atoms with Gasteiger partial charge in [0.05, 0.1) is 24.2 Å². The third-order valence-corrected chi connectivity index (χ3v) is 7.37. The first-order chi connectivity index (χ1) is 15.8. The highest BCUT2D eigenvalue weighted by molar-refractivity contribution is 7.91. The fraction of sp³-hybridized carbons (Fsp3) is 0.478. The molecule has 0 radical (unpaired) electrons. The quantitative estimate of drug-likeness (QED) is 0.463. The highest BCUT2D eigenvalue weighted by Gasteiger charge is 2.24. The molecular weight excluding hydrogens is 482 g/mol. The summed E-state index contributed by atoms with van der Waals surface area (Å²) in [6.45, 7) is 2.25. The lowest BCUT2D eigenvalue weighted by Gasteiger charge is -2.27. The zero-order chi connectivity index (χ0) is 23.8. The fourth-order valence-corrected chi connectivity index (χ4v) is 5.18. The first kappa shape index (κ1) is 28.0. The first-order valence-electron chi connectivity index (χ1n) is 11.0. The third kappa shape index (κ3) is 7.64. The van der Waals surface area contributed by atoms with Crippen LogP contribution in [-0.4, -0.2) is 49.5 Å². The molecule has 34 heavy (non-hydrogen) atoms. The SMILES string of the molecule is CCOc1ccc(S(=O)(=O)c2cc(CN(O)NC(=O)C[C@H]3CC[C@H](OC)CC3)ccn2)cc1.Cl. The van der Waals surface area contributed by atoms with E-state index in [1.165, 1.54) is 24.4 Å². The van der Waals surface area contributed by atoms with E-state index in [1.807, 2.05) is 6.92 Å². The van der Waals surface area contributed by atoms with Gasteiger partial charge >= 0.3 is 0 Å². The van der Waals surface area contributed by atoms with E-state index in [0.717, 1.165) is 25.7 Å². The van der Waals surface area contributed by atoms with Crippen LogP contribution in [0.15, 0.2) is 52.5 Å². The van der Waals surface area contributed by atoms with Crippen LogP contribution in [0, 0.1) is 5.92 Å². The Morgan fingerprint density at radius 1 is 1.18 bits per heavy atom. The standard InChI is InChI=1S/C23H31N3O6S.ClH/c1-3-32-20-8-10-21(11-9-20)33(29,30)23-15-18(12-13-24-23)16-26(28)25-22(27)14-17-4-6-19(31-2)7-5-17;/h8-13,15,17,19,28H,3-7,14,16H2,1-2H3,(H,25,27);1H/t17-,19-;. The maximum atomic E-state index is 12.9. The number of aromatic nitrogens is 1. The lowest BCUT2D eigenvalue weighted by molar-refractivity contribution is -0.166. The first-order valence-corrected chi connectivity index (χ1v) is 12.5. The Bertz CT molecular complexity index is 1030. The van der Waals surface area contributed by atoms with Crippen LogP contribution in [-0.2, 0) is 25.9 Å². The summed E-state index contributed by atoms with van der Waals surface area (Å²) in [6, 6.07) is 9.08. The molecule has 0 spiro atoms. The van der Waals surface area contributed by atoms with Crippen molar-refractivity contribution in [1.29, 1.82) is 0 Å². The number of sulfone groups is 1. The molecule has 1 saturated carbocycles. The Hall–Kier alpha value is -2.24. The van der Waals surface area contributed by atoms with Gasteiger partial charge in [0.25, 0.3) is 0 Å². The number of amides is 1. The predicted molar refractivity (Wildman–Crippen MR) is 127 cm³/mol. The number of methoxy groups -OCH3 is 1. The van der Waals surface area contributed by atoms with E-state index in [4.69, 9.17) is 9.47 Å². The minimum absolute atomic E-state index is 0. The molecule has 3 rings (SSSR count). The Labute approximate surface area is 206 Å². The molecule has 1 aromatic heterocycles. The van der Waals surface area contributed by atoms with Crippen LogP contribution in [0.2, 0.25) is 0 Å². The van der Waals surface area contributed by atoms with Crippen molar-refractivity contribution in [3.63, 3.8) is 0 Å². The van der Waals surface area contributed by atoms with Gasteiger partial charge in [0.2, 0.25) is 15.7 Å². The number of nitrogens with zero attached hydrogens (tertiary/aromatic N) is 2. The second-order valence-corrected chi connectivity index (χ2v) is 9.98. The van der Waals surface area contributed by atoms with Crippen molar-refractivity contribution in [2.75, 3.05) is 13.7 Å². The summed E-state index contributed by atoms with van der Waals surface area (Å²) in [5.74, 6) is 0.558. The minimum Gasteiger partial charge on any atom is -0.494 e. The van der Waals surface area contributed by atoms with E-state index in [0.29, 0.717) is 29.5 Å². The van der Waals surface area contributed by atoms with Gasteiger partial charge in [-0.3, -0.25) is 15.4 Å². The van der Waals surface area contributed by atoms with E-state index < -0.39 is 9.84 Å². The monoisotopic (exact) mass is 513 g/mol. The highest BCUT2D eigenvalue weighted by Crippen LogP contribution is 2.28. The van der Waals surface area contributed by atoms with Crippen LogP contribution < -0.4 is 10.2 Å². The molecule has 2 aromatic rings. The molecular formula is C23H32ClN3O6S. The van der Waals surface area contributed by atoms with E-state index in [9.17, 15) is 18.4 Å². The number of nitrogens with one attached hydrogen (secondary N) is 1. The summed E-state index contributed by atoms with van der Waals surface area (Å²) < 4.78 is 36.6. The number of hydroxylamine groups is 1. The lowest BCUT2D eigenvalue weighted by atomic mass is 9.85. The molecule has 1 amide bonds. The number of carbonyl (C=O) groups excluding carboxylic acids is 1. The Morgan fingerprint density at radius 3 is 2.47 bits per heavy atom. The predicted octanol–water partition coefficient (Wildman–Crippen LogP) is 3.55. The van der Waals surface area contributed by atoms with Gasteiger partial charge in [-0.05, 0) is 80.5 Å². The number of pyridine rings is 1. The zero-order valence-corrected chi connectivity index (χ0v) is 21.0. The van der Waals surface area contributed by atoms with Gasteiger partial charge in [-0.15, -0.1) is 12.4 Å². The lowest BCUT2D eigenvalue weighted by Crippen LogP contribution is -2.40. The number of halogens is 1. The maximum Gasteiger partial charge on any atom is 0.236 e. The van der Waals surface area contributed by atoms with Gasteiger partial charge in [0, 0.05) is 19.7 Å². The van der Waals surface area contributed by atoms with E-state index in [2.05, 4.69) is 10.4 Å². The Balaban J connectivity index is 0.00000408. The van der Waals surface area contributed by atoms with Crippen LogP contribution in [0.3, 0.4) is 0 Å². The molecule has 0 aliphatic heterocycles. The van der Waals surface area contributed by atoms with Gasteiger partial charge in [-0.25, -0.2) is 13.4 Å². The minimum atomic E-state index is -3.84. The number of ether oxygens (including phenoxy) is 2. The maximum absolute atomic E-state index is 12.9. The van der Waals surface area contributed by atoms with Crippen molar-refractivity contribution in [3.05, 3.63) is 48.2 Å². The molecule has 1 aliphatic rings. The molecule has 1 heterocycles. The smallest absolute Gasteiger partial charge is 0.236 e. The summed E-state index contributed by atoms with van der Waals surface area (Å²) in [6.07, 6.45) is 5.63. The van der Waals surface area contributed by atoms with Crippen molar-refractivity contribution in [2.24, 2.45) is 5.92 Å². The summed E-state index contributed by atoms with van der Waals surface area (Å²) >= 11 is 0. The molecule has 0 unspecified atom stereocenters. The van der Waals surface area contributed by atoms with Gasteiger partial charge in [-0.2, -0.15) is 0 Å². The fourth-order valence-electron chi connectivity index (χ4n) is 3.93. The molecule has 1 aromatic carbocycles. The second kappa shape index (κ2) is 13.0. The van der Waals surface area contributed by atoms with E-state index >= 15 is 0 Å². The Morgan fingerprint density at radius 2 is 1.85 bits per heavy atom. The molecule has 0 saturated heterocycles. The Kier molecular flexibility index (Phi) is 10.7. The van der Waals surface area contributed by atoms with Crippen LogP contribution >= 0.6 is 12.4 Å². The van der Waals surface area contributed by atoms with Gasteiger partial charge < -0.3 is 9.47 Å². The average Bonchev–Trinajstić information content (AvgIpc) is 2.80.